The van der Waals surface area contributed by atoms with Crippen molar-refractivity contribution in [3.8, 4) is 0 Å². The molecule has 2 N–H and O–H groups in total. The summed E-state index contributed by atoms with van der Waals surface area (Å²) in [5, 5.41) is 5.13. The Morgan fingerprint density at radius 1 is 1.04 bits per heavy atom. The van der Waals surface area contributed by atoms with Crippen molar-refractivity contribution in [1.29, 1.82) is 0 Å². The fourth-order valence-corrected chi connectivity index (χ4v) is 2.18. The maximum absolute atomic E-state index is 12.0. The predicted molar refractivity (Wildman–Crippen MR) is 97.1 cm³/mol. The zero-order valence-corrected chi connectivity index (χ0v) is 15.1. The number of esters is 1. The van der Waals surface area contributed by atoms with Crippen molar-refractivity contribution in [3.05, 3.63) is 64.6 Å². The van der Waals surface area contributed by atoms with Crippen LogP contribution in [-0.2, 0) is 14.3 Å². The number of nitrogens with one attached hydrogen (secondary N) is 2. The average Bonchev–Trinajstić information content (AvgIpc) is 2.61. The van der Waals surface area contributed by atoms with Gasteiger partial charge in [-0.1, -0.05) is 34.1 Å². The van der Waals surface area contributed by atoms with Crippen molar-refractivity contribution in [2.24, 2.45) is 0 Å². The average molecular weight is 405 g/mol. The number of hydrogen-bond donors (Lipinski definition) is 2. The van der Waals surface area contributed by atoms with Gasteiger partial charge in [0, 0.05) is 15.7 Å². The van der Waals surface area contributed by atoms with Gasteiger partial charge >= 0.3 is 5.97 Å². The van der Waals surface area contributed by atoms with Crippen LogP contribution in [0.5, 0.6) is 0 Å². The standard InChI is InChI=1S/C18H17BrN2O4/c1-12(20-17(23)13-7-9-14(19)10-8-13)18(24)25-11-16(22)21-15-5-3-2-4-6-15/h2-10,12H,11H2,1H3,(H,20,23)(H,21,22)/t12-/m0/s1. The van der Waals surface area contributed by atoms with Crippen LogP contribution in [0.3, 0.4) is 0 Å². The van der Waals surface area contributed by atoms with Gasteiger partial charge in [0.2, 0.25) is 0 Å². The molecule has 0 fully saturated rings. The molecule has 0 unspecified atom stereocenters. The summed E-state index contributed by atoms with van der Waals surface area (Å²) in [6.07, 6.45) is 0. The van der Waals surface area contributed by atoms with Crippen molar-refractivity contribution >= 4 is 39.4 Å². The number of carbonyl (C=O) groups is 3. The first-order valence-corrected chi connectivity index (χ1v) is 8.33. The molecule has 0 aromatic heterocycles. The molecule has 0 spiro atoms. The van der Waals surface area contributed by atoms with E-state index in [1.54, 1.807) is 48.5 Å². The Hall–Kier alpha value is -2.67. The maximum atomic E-state index is 12.0. The van der Waals surface area contributed by atoms with Gasteiger partial charge in [0.15, 0.2) is 6.61 Å². The van der Waals surface area contributed by atoms with Gasteiger partial charge in [0.1, 0.15) is 6.04 Å². The van der Waals surface area contributed by atoms with Crippen LogP contribution in [0.15, 0.2) is 59.1 Å². The smallest absolute Gasteiger partial charge is 0.328 e. The molecule has 25 heavy (non-hydrogen) atoms. The Morgan fingerprint density at radius 2 is 1.68 bits per heavy atom. The summed E-state index contributed by atoms with van der Waals surface area (Å²) < 4.78 is 5.77. The highest BCUT2D eigenvalue weighted by molar-refractivity contribution is 9.10. The Balaban J connectivity index is 1.78. The van der Waals surface area contributed by atoms with E-state index in [2.05, 4.69) is 26.6 Å². The first-order chi connectivity index (χ1) is 12.0. The van der Waals surface area contributed by atoms with Crippen LogP contribution < -0.4 is 10.6 Å². The molecule has 7 heteroatoms. The molecule has 0 saturated carbocycles. The number of amides is 2. The third-order valence-corrected chi connectivity index (χ3v) is 3.74. The highest BCUT2D eigenvalue weighted by Gasteiger charge is 2.19. The molecule has 0 aliphatic rings. The molecule has 0 aliphatic heterocycles. The monoisotopic (exact) mass is 404 g/mol. The summed E-state index contributed by atoms with van der Waals surface area (Å²) >= 11 is 3.28. The van der Waals surface area contributed by atoms with E-state index in [1.807, 2.05) is 6.07 Å². The topological polar surface area (TPSA) is 84.5 Å². The van der Waals surface area contributed by atoms with Crippen LogP contribution in [0.25, 0.3) is 0 Å². The third kappa shape index (κ3) is 6.04. The maximum Gasteiger partial charge on any atom is 0.328 e. The number of halogens is 1. The zero-order chi connectivity index (χ0) is 18.2. The van der Waals surface area contributed by atoms with Crippen LogP contribution in [0, 0.1) is 0 Å². The summed E-state index contributed by atoms with van der Waals surface area (Å²) in [6, 6.07) is 14.7. The van der Waals surface area contributed by atoms with Gasteiger partial charge in [-0.15, -0.1) is 0 Å². The Labute approximate surface area is 153 Å². The second kappa shape index (κ2) is 8.98. The van der Waals surface area contributed by atoms with Gasteiger partial charge in [-0.3, -0.25) is 9.59 Å². The lowest BCUT2D eigenvalue weighted by atomic mass is 10.2. The van der Waals surface area contributed by atoms with E-state index in [1.165, 1.54) is 6.92 Å². The van der Waals surface area contributed by atoms with Crippen LogP contribution in [-0.4, -0.2) is 30.4 Å². The van der Waals surface area contributed by atoms with Crippen molar-refractivity contribution in [3.63, 3.8) is 0 Å². The summed E-state index contributed by atoms with van der Waals surface area (Å²) in [6.45, 7) is 1.07. The van der Waals surface area contributed by atoms with Crippen molar-refractivity contribution in [2.75, 3.05) is 11.9 Å². The first kappa shape index (κ1) is 18.7. The highest BCUT2D eigenvalue weighted by atomic mass is 79.9. The Bertz CT molecular complexity index is 747. The molecule has 2 aromatic carbocycles. The lowest BCUT2D eigenvalue weighted by molar-refractivity contribution is -0.148. The van der Waals surface area contributed by atoms with Crippen LogP contribution in [0.1, 0.15) is 17.3 Å². The molecule has 2 amide bonds. The highest BCUT2D eigenvalue weighted by Crippen LogP contribution is 2.10. The molecule has 0 aliphatic carbocycles. The number of rotatable bonds is 6. The normalized spacial score (nSPS) is 11.3. The molecule has 1 atom stereocenters. The van der Waals surface area contributed by atoms with E-state index < -0.39 is 30.4 Å². The lowest BCUT2D eigenvalue weighted by Gasteiger charge is -2.13. The van der Waals surface area contributed by atoms with Gasteiger partial charge in [-0.05, 0) is 43.3 Å². The summed E-state index contributed by atoms with van der Waals surface area (Å²) in [5.41, 5.74) is 1.03. The van der Waals surface area contributed by atoms with E-state index >= 15 is 0 Å². The predicted octanol–water partition coefficient (Wildman–Crippen LogP) is 2.75. The number of carbonyl (C=O) groups excluding carboxylic acids is 3. The van der Waals surface area contributed by atoms with E-state index in [9.17, 15) is 14.4 Å². The fraction of sp³-hybridized carbons (Fsp3) is 0.167. The number of hydrogen-bond acceptors (Lipinski definition) is 4. The number of ether oxygens (including phenoxy) is 1. The van der Waals surface area contributed by atoms with Gasteiger partial charge in [0.25, 0.3) is 11.8 Å². The molecule has 6 nitrogen and oxygen atoms in total. The van der Waals surface area contributed by atoms with Gasteiger partial charge in [0.05, 0.1) is 0 Å². The molecule has 2 rings (SSSR count). The fourth-order valence-electron chi connectivity index (χ4n) is 1.92. The Morgan fingerprint density at radius 3 is 2.32 bits per heavy atom. The second-order valence-electron chi connectivity index (χ2n) is 5.22. The van der Waals surface area contributed by atoms with Crippen LogP contribution in [0.4, 0.5) is 5.69 Å². The number of anilines is 1. The lowest BCUT2D eigenvalue weighted by Crippen LogP contribution is -2.40. The van der Waals surface area contributed by atoms with E-state index in [0.717, 1.165) is 4.47 Å². The van der Waals surface area contributed by atoms with E-state index in [0.29, 0.717) is 11.3 Å². The van der Waals surface area contributed by atoms with Gasteiger partial charge < -0.3 is 15.4 Å². The minimum atomic E-state index is -0.874. The van der Waals surface area contributed by atoms with Crippen LogP contribution in [0.2, 0.25) is 0 Å². The van der Waals surface area contributed by atoms with E-state index in [-0.39, 0.29) is 0 Å². The molecule has 0 saturated heterocycles. The van der Waals surface area contributed by atoms with Crippen LogP contribution >= 0.6 is 15.9 Å². The van der Waals surface area contributed by atoms with Crippen molar-refractivity contribution in [1.82, 2.24) is 5.32 Å². The zero-order valence-electron chi connectivity index (χ0n) is 13.5. The van der Waals surface area contributed by atoms with Crippen molar-refractivity contribution in [2.45, 2.75) is 13.0 Å². The summed E-state index contributed by atoms with van der Waals surface area (Å²) in [5.74, 6) is -1.54. The van der Waals surface area contributed by atoms with Crippen molar-refractivity contribution < 1.29 is 19.1 Å². The molecule has 0 heterocycles. The Kier molecular flexibility index (Phi) is 6.71. The third-order valence-electron chi connectivity index (χ3n) is 3.21. The summed E-state index contributed by atoms with van der Waals surface area (Å²) in [7, 11) is 0. The SMILES string of the molecule is C[C@H](NC(=O)c1ccc(Br)cc1)C(=O)OCC(=O)Nc1ccccc1. The number of benzene rings is 2. The second-order valence-corrected chi connectivity index (χ2v) is 6.14. The minimum Gasteiger partial charge on any atom is -0.454 e. The van der Waals surface area contributed by atoms with Gasteiger partial charge in [-0.25, -0.2) is 4.79 Å². The molecule has 130 valence electrons. The molecule has 0 radical (unpaired) electrons. The molecule has 2 aromatic rings. The van der Waals surface area contributed by atoms with Gasteiger partial charge in [-0.2, -0.15) is 0 Å². The largest absolute Gasteiger partial charge is 0.454 e. The minimum absolute atomic E-state index is 0.398. The van der Waals surface area contributed by atoms with E-state index in [4.69, 9.17) is 4.74 Å². The molecular weight excluding hydrogens is 388 g/mol. The number of para-hydroxylation sites is 1. The molecule has 0 bridgehead atoms. The quantitative estimate of drug-likeness (QED) is 0.724. The first-order valence-electron chi connectivity index (χ1n) is 7.53. The summed E-state index contributed by atoms with van der Waals surface area (Å²) in [4.78, 5) is 35.7. The molecular formula is C18H17BrN2O4.